The Labute approximate surface area is 186 Å². The van der Waals surface area contributed by atoms with Crippen molar-refractivity contribution in [3.05, 3.63) is 47.3 Å². The van der Waals surface area contributed by atoms with Crippen LogP contribution >= 0.6 is 0 Å². The molecule has 174 valence electrons. The summed E-state index contributed by atoms with van der Waals surface area (Å²) < 4.78 is 6.84. The molecule has 0 saturated carbocycles. The first-order valence-corrected chi connectivity index (χ1v) is 10.2. The Balaban J connectivity index is 0.00000114. The van der Waals surface area contributed by atoms with E-state index in [-0.39, 0.29) is 31.8 Å². The number of ether oxygens (including phenoxy) is 1. The number of methoxy groups -OCH3 is 1. The fourth-order valence-electron chi connectivity index (χ4n) is 3.98. The molecule has 32 heavy (non-hydrogen) atoms. The topological polar surface area (TPSA) is 142 Å². The summed E-state index contributed by atoms with van der Waals surface area (Å²) in [6, 6.07) is 8.83. The zero-order valence-electron chi connectivity index (χ0n) is 18.4. The molecule has 1 fully saturated rings. The van der Waals surface area contributed by atoms with Crippen LogP contribution in [0.25, 0.3) is 0 Å². The third kappa shape index (κ3) is 5.25. The number of nitrogens with zero attached hydrogens (tertiary/aromatic N) is 3. The molecule has 0 spiro atoms. The largest absolute Gasteiger partial charge is 0.497 e. The maximum absolute atomic E-state index is 13.1. The Kier molecular flexibility index (Phi) is 8.36. The second kappa shape index (κ2) is 10.8. The number of hydrogen-bond donors (Lipinski definition) is 3. The van der Waals surface area contributed by atoms with Crippen molar-refractivity contribution >= 4 is 18.3 Å². The number of aliphatic hydroxyl groups excluding tert-OH is 1. The number of carbonyl (C=O) groups is 3. The summed E-state index contributed by atoms with van der Waals surface area (Å²) in [5.41, 5.74) is 0.400. The predicted octanol–water partition coefficient (Wildman–Crippen LogP) is 1.44. The van der Waals surface area contributed by atoms with Crippen molar-refractivity contribution in [1.82, 2.24) is 14.7 Å². The number of rotatable bonds is 6. The van der Waals surface area contributed by atoms with Gasteiger partial charge < -0.3 is 25.0 Å². The third-order valence-electron chi connectivity index (χ3n) is 5.57. The number of carboxylic acid groups (broad SMARTS) is 2. The Morgan fingerprint density at radius 2 is 2.03 bits per heavy atom. The molecule has 10 heteroatoms. The van der Waals surface area contributed by atoms with Crippen molar-refractivity contribution in [2.45, 2.75) is 39.3 Å². The minimum absolute atomic E-state index is 0.0759. The Hall–Kier alpha value is -3.40. The summed E-state index contributed by atoms with van der Waals surface area (Å²) >= 11 is 0. The fourth-order valence-corrected chi connectivity index (χ4v) is 3.98. The molecule has 0 aliphatic carbocycles. The zero-order valence-corrected chi connectivity index (χ0v) is 18.4. The second-order valence-corrected chi connectivity index (χ2v) is 7.61. The molecule has 1 aliphatic heterocycles. The number of carbonyl (C=O) groups excluding carboxylic acids is 1. The van der Waals surface area contributed by atoms with Crippen LogP contribution in [0.5, 0.6) is 5.75 Å². The van der Waals surface area contributed by atoms with Crippen molar-refractivity contribution in [3.63, 3.8) is 0 Å². The average molecular weight is 447 g/mol. The van der Waals surface area contributed by atoms with Gasteiger partial charge in [0, 0.05) is 19.6 Å². The summed E-state index contributed by atoms with van der Waals surface area (Å²) in [4.78, 5) is 35.3. The number of aliphatic carboxylic acids is 1. The summed E-state index contributed by atoms with van der Waals surface area (Å²) in [5, 5.41) is 32.0. The molecular weight excluding hydrogens is 418 g/mol. The minimum atomic E-state index is -1.49. The molecule has 1 aromatic carbocycles. The highest BCUT2D eigenvalue weighted by Crippen LogP contribution is 2.36. The second-order valence-electron chi connectivity index (χ2n) is 7.61. The Morgan fingerprint density at radius 3 is 2.62 bits per heavy atom. The van der Waals surface area contributed by atoms with E-state index >= 15 is 0 Å². The van der Waals surface area contributed by atoms with Crippen molar-refractivity contribution in [3.8, 4) is 5.75 Å². The SMILES string of the molecule is CCn1nc(C)cc1C(=O)N1CC[C@H](O)[C@](Cc2cccc(OC)c2)(C(=O)O)C1.O=CO. The molecule has 10 nitrogen and oxygen atoms in total. The number of aliphatic hydroxyl groups is 1. The number of aryl methyl sites for hydroxylation is 2. The Morgan fingerprint density at radius 1 is 1.34 bits per heavy atom. The van der Waals surface area contributed by atoms with Crippen molar-refractivity contribution in [2.75, 3.05) is 20.2 Å². The van der Waals surface area contributed by atoms with Crippen LogP contribution in [0.2, 0.25) is 0 Å². The highest BCUT2D eigenvalue weighted by atomic mass is 16.5. The monoisotopic (exact) mass is 447 g/mol. The highest BCUT2D eigenvalue weighted by Gasteiger charge is 2.50. The van der Waals surface area contributed by atoms with E-state index in [4.69, 9.17) is 14.6 Å². The number of hydrogen-bond acceptors (Lipinski definition) is 6. The standard InChI is InChI=1S/C21H27N3O5.CH2O2/c1-4-24-17(10-14(2)22-24)19(26)23-9-8-18(25)21(13-23,20(27)28)12-15-6-5-7-16(11-15)29-3;2-1-3/h5-7,10-11,18,25H,4,8-9,12-13H2,1-3H3,(H,27,28);1H,(H,2,3)/t18-,21+;/m0./s1. The predicted molar refractivity (Wildman–Crippen MR) is 115 cm³/mol. The van der Waals surface area contributed by atoms with Crippen LogP contribution in [-0.4, -0.2) is 74.7 Å². The van der Waals surface area contributed by atoms with Crippen molar-refractivity contribution in [1.29, 1.82) is 0 Å². The van der Waals surface area contributed by atoms with E-state index in [1.807, 2.05) is 13.8 Å². The van der Waals surface area contributed by atoms with E-state index in [1.54, 1.807) is 42.1 Å². The molecule has 3 rings (SSSR count). The molecule has 0 radical (unpaired) electrons. The number of piperidine rings is 1. The smallest absolute Gasteiger partial charge is 0.314 e. The van der Waals surface area contributed by atoms with Crippen LogP contribution in [0, 0.1) is 12.3 Å². The van der Waals surface area contributed by atoms with E-state index in [2.05, 4.69) is 5.10 Å². The van der Waals surface area contributed by atoms with E-state index in [0.717, 1.165) is 11.3 Å². The molecule has 0 bridgehead atoms. The normalized spacial score (nSPS) is 20.1. The van der Waals surface area contributed by atoms with Gasteiger partial charge in [-0.05, 0) is 50.5 Å². The van der Waals surface area contributed by atoms with Crippen molar-refractivity contribution < 1.29 is 34.4 Å². The van der Waals surface area contributed by atoms with E-state index < -0.39 is 17.5 Å². The lowest BCUT2D eigenvalue weighted by Crippen LogP contribution is -2.58. The summed E-state index contributed by atoms with van der Waals surface area (Å²) in [7, 11) is 1.54. The molecule has 1 amide bonds. The van der Waals surface area contributed by atoms with E-state index in [9.17, 15) is 19.8 Å². The highest BCUT2D eigenvalue weighted by molar-refractivity contribution is 5.93. The number of carboxylic acids is 1. The average Bonchev–Trinajstić information content (AvgIpc) is 3.16. The first-order chi connectivity index (χ1) is 15.2. The summed E-state index contributed by atoms with van der Waals surface area (Å²) in [6.07, 6.45) is -0.772. The fraction of sp³-hybridized carbons (Fsp3) is 0.455. The maximum atomic E-state index is 13.1. The van der Waals surface area contributed by atoms with Crippen LogP contribution in [0.3, 0.4) is 0 Å². The third-order valence-corrected chi connectivity index (χ3v) is 5.57. The van der Waals surface area contributed by atoms with Crippen LogP contribution < -0.4 is 4.74 Å². The van der Waals surface area contributed by atoms with Gasteiger partial charge in [0.05, 0.1) is 18.9 Å². The van der Waals surface area contributed by atoms with Crippen LogP contribution in [0.1, 0.15) is 35.1 Å². The number of aromatic nitrogens is 2. The van der Waals surface area contributed by atoms with E-state index in [0.29, 0.717) is 24.5 Å². The molecule has 2 atom stereocenters. The number of amides is 1. The van der Waals surface area contributed by atoms with Gasteiger partial charge in [-0.1, -0.05) is 12.1 Å². The van der Waals surface area contributed by atoms with Gasteiger partial charge in [0.2, 0.25) is 0 Å². The van der Waals surface area contributed by atoms with Gasteiger partial charge in [-0.15, -0.1) is 0 Å². The molecule has 1 aromatic heterocycles. The van der Waals surface area contributed by atoms with Gasteiger partial charge in [-0.3, -0.25) is 19.1 Å². The van der Waals surface area contributed by atoms with Crippen LogP contribution in [-0.2, 0) is 22.6 Å². The lowest BCUT2D eigenvalue weighted by Gasteiger charge is -2.43. The van der Waals surface area contributed by atoms with Gasteiger partial charge in [0.1, 0.15) is 16.9 Å². The summed E-state index contributed by atoms with van der Waals surface area (Å²) in [5.74, 6) is -0.773. The van der Waals surface area contributed by atoms with Gasteiger partial charge in [-0.2, -0.15) is 5.10 Å². The molecule has 0 unspecified atom stereocenters. The zero-order chi connectivity index (χ0) is 23.9. The number of benzene rings is 1. The molecular formula is C22H29N3O7. The van der Waals surface area contributed by atoms with Crippen LogP contribution in [0.15, 0.2) is 30.3 Å². The first kappa shape index (κ1) is 24.9. The van der Waals surface area contributed by atoms with Gasteiger partial charge in [-0.25, -0.2) is 0 Å². The quantitative estimate of drug-likeness (QED) is 0.565. The molecule has 1 aliphatic rings. The molecule has 2 heterocycles. The lowest BCUT2D eigenvalue weighted by molar-refractivity contribution is -0.161. The molecule has 3 N–H and O–H groups in total. The Bertz CT molecular complexity index is 959. The lowest BCUT2D eigenvalue weighted by atomic mass is 9.72. The molecule has 1 saturated heterocycles. The summed E-state index contributed by atoms with van der Waals surface area (Å²) in [6.45, 7) is 4.22. The first-order valence-electron chi connectivity index (χ1n) is 10.2. The minimum Gasteiger partial charge on any atom is -0.497 e. The van der Waals surface area contributed by atoms with Crippen LogP contribution in [0.4, 0.5) is 0 Å². The van der Waals surface area contributed by atoms with Gasteiger partial charge >= 0.3 is 5.97 Å². The van der Waals surface area contributed by atoms with Gasteiger partial charge in [0.15, 0.2) is 0 Å². The molecule has 2 aromatic rings. The van der Waals surface area contributed by atoms with Crippen molar-refractivity contribution in [2.24, 2.45) is 5.41 Å². The van der Waals surface area contributed by atoms with E-state index in [1.165, 1.54) is 4.90 Å². The number of likely N-dealkylation sites (tertiary alicyclic amines) is 1. The van der Waals surface area contributed by atoms with Gasteiger partial charge in [0.25, 0.3) is 12.4 Å². The maximum Gasteiger partial charge on any atom is 0.314 e.